The molecule has 1 aromatic carbocycles. The van der Waals surface area contributed by atoms with Gasteiger partial charge in [-0.05, 0) is 25.0 Å². The van der Waals surface area contributed by atoms with E-state index in [1.807, 2.05) is 38.1 Å². The van der Waals surface area contributed by atoms with E-state index in [2.05, 4.69) is 4.99 Å². The summed E-state index contributed by atoms with van der Waals surface area (Å²) in [4.78, 5) is 4.24. The van der Waals surface area contributed by atoms with Gasteiger partial charge in [0.25, 0.3) is 0 Å². The Morgan fingerprint density at radius 1 is 1.31 bits per heavy atom. The Morgan fingerprint density at radius 3 is 2.38 bits per heavy atom. The Labute approximate surface area is 101 Å². The lowest BCUT2D eigenvalue weighted by atomic mass is 10.2. The van der Waals surface area contributed by atoms with E-state index in [4.69, 9.17) is 10.8 Å². The van der Waals surface area contributed by atoms with Gasteiger partial charge in [0.1, 0.15) is 0 Å². The van der Waals surface area contributed by atoms with Gasteiger partial charge < -0.3 is 10.8 Å². The van der Waals surface area contributed by atoms with Crippen molar-refractivity contribution < 1.29 is 5.11 Å². The lowest BCUT2D eigenvalue weighted by Gasteiger charge is -2.04. The third kappa shape index (κ3) is 4.68. The molecule has 0 radical (unpaired) electrons. The predicted molar refractivity (Wildman–Crippen MR) is 70.4 cm³/mol. The molecular formula is C12H18N2OS. The zero-order chi connectivity index (χ0) is 12.0. The van der Waals surface area contributed by atoms with E-state index in [1.54, 1.807) is 0 Å². The average Bonchev–Trinajstić information content (AvgIpc) is 2.26. The van der Waals surface area contributed by atoms with Crippen molar-refractivity contribution in [3.05, 3.63) is 35.4 Å². The van der Waals surface area contributed by atoms with Crippen molar-refractivity contribution in [2.45, 2.75) is 32.2 Å². The number of thioether (sulfide) groups is 1. The van der Waals surface area contributed by atoms with Gasteiger partial charge in [0.05, 0.1) is 6.61 Å². The van der Waals surface area contributed by atoms with Gasteiger partial charge >= 0.3 is 0 Å². The van der Waals surface area contributed by atoms with Crippen LogP contribution in [0.15, 0.2) is 29.3 Å². The molecule has 0 saturated heterocycles. The van der Waals surface area contributed by atoms with Gasteiger partial charge in [0.2, 0.25) is 0 Å². The molecule has 16 heavy (non-hydrogen) atoms. The van der Waals surface area contributed by atoms with Crippen molar-refractivity contribution >= 4 is 16.9 Å². The quantitative estimate of drug-likeness (QED) is 0.624. The Morgan fingerprint density at radius 2 is 1.88 bits per heavy atom. The summed E-state index contributed by atoms with van der Waals surface area (Å²) in [5.74, 6) is 0.813. The maximum atomic E-state index is 8.90. The van der Waals surface area contributed by atoms with E-state index in [9.17, 15) is 0 Å². The van der Waals surface area contributed by atoms with Gasteiger partial charge in [-0.3, -0.25) is 4.99 Å². The highest BCUT2D eigenvalue weighted by molar-refractivity contribution is 8.13. The first-order valence-electron chi connectivity index (χ1n) is 5.26. The summed E-state index contributed by atoms with van der Waals surface area (Å²) in [6, 6.07) is 8.09. The summed E-state index contributed by atoms with van der Waals surface area (Å²) < 4.78 is 0. The monoisotopic (exact) mass is 238 g/mol. The van der Waals surface area contributed by atoms with Crippen LogP contribution in [0.25, 0.3) is 0 Å². The van der Waals surface area contributed by atoms with Crippen LogP contribution in [-0.4, -0.2) is 16.3 Å². The minimum absolute atomic E-state index is 0.0877. The summed E-state index contributed by atoms with van der Waals surface area (Å²) in [6.45, 7) is 4.09. The molecule has 0 atom stereocenters. The fourth-order valence-corrected chi connectivity index (χ4v) is 1.98. The third-order valence-electron chi connectivity index (χ3n) is 1.98. The second kappa shape index (κ2) is 6.55. The van der Waals surface area contributed by atoms with Gasteiger partial charge in [-0.2, -0.15) is 0 Å². The Bertz CT molecular complexity index is 347. The molecule has 0 saturated carbocycles. The second-order valence-corrected chi connectivity index (χ2v) is 4.82. The van der Waals surface area contributed by atoms with Crippen molar-refractivity contribution in [2.24, 2.45) is 10.7 Å². The smallest absolute Gasteiger partial charge is 0.154 e. The Kier molecular flexibility index (Phi) is 5.35. The number of rotatable bonds is 4. The number of amidine groups is 1. The van der Waals surface area contributed by atoms with Gasteiger partial charge in [-0.25, -0.2) is 0 Å². The maximum Gasteiger partial charge on any atom is 0.154 e. The van der Waals surface area contributed by atoms with Crippen LogP contribution in [0.2, 0.25) is 0 Å². The SMILES string of the molecule is CC(C)N=C(N)SCc1ccc(CO)cc1. The molecule has 0 aliphatic carbocycles. The summed E-state index contributed by atoms with van der Waals surface area (Å²) in [6.07, 6.45) is 0. The fourth-order valence-electron chi connectivity index (χ4n) is 1.19. The number of nitrogens with zero attached hydrogens (tertiary/aromatic N) is 1. The Hall–Kier alpha value is -1.00. The highest BCUT2D eigenvalue weighted by atomic mass is 32.2. The van der Waals surface area contributed by atoms with E-state index >= 15 is 0 Å². The minimum atomic E-state index is 0.0877. The first-order valence-corrected chi connectivity index (χ1v) is 6.25. The number of aliphatic hydroxyl groups excluding tert-OH is 1. The van der Waals surface area contributed by atoms with Crippen LogP contribution in [0.4, 0.5) is 0 Å². The summed E-state index contributed by atoms with van der Waals surface area (Å²) >= 11 is 1.54. The van der Waals surface area contributed by atoms with Crippen LogP contribution < -0.4 is 5.73 Å². The van der Waals surface area contributed by atoms with Crippen LogP contribution >= 0.6 is 11.8 Å². The fraction of sp³-hybridized carbons (Fsp3) is 0.417. The molecule has 0 amide bonds. The van der Waals surface area contributed by atoms with Crippen molar-refractivity contribution in [1.29, 1.82) is 0 Å². The van der Waals surface area contributed by atoms with E-state index in [0.29, 0.717) is 5.17 Å². The molecule has 0 fully saturated rings. The van der Waals surface area contributed by atoms with E-state index in [0.717, 1.165) is 11.3 Å². The van der Waals surface area contributed by atoms with Crippen LogP contribution in [0.5, 0.6) is 0 Å². The van der Waals surface area contributed by atoms with Crippen LogP contribution in [0.3, 0.4) is 0 Å². The molecule has 0 heterocycles. The summed E-state index contributed by atoms with van der Waals surface area (Å²) in [5, 5.41) is 9.53. The molecule has 0 aromatic heterocycles. The number of nitrogens with two attached hydrogens (primary N) is 1. The standard InChI is InChI=1S/C12H18N2OS/c1-9(2)14-12(13)16-8-11-5-3-10(7-15)4-6-11/h3-6,9,15H,7-8H2,1-2H3,(H2,13,14). The molecule has 0 aliphatic rings. The third-order valence-corrected chi connectivity index (χ3v) is 2.86. The number of aliphatic imine (C=N–C) groups is 1. The molecule has 0 spiro atoms. The van der Waals surface area contributed by atoms with Gasteiger partial charge in [0.15, 0.2) is 5.17 Å². The topological polar surface area (TPSA) is 58.6 Å². The molecule has 1 aromatic rings. The molecule has 0 bridgehead atoms. The normalized spacial score (nSPS) is 12.1. The highest BCUT2D eigenvalue weighted by Crippen LogP contribution is 2.13. The molecule has 3 nitrogen and oxygen atoms in total. The lowest BCUT2D eigenvalue weighted by Crippen LogP contribution is -2.09. The predicted octanol–water partition coefficient (Wildman–Crippen LogP) is 2.14. The molecule has 3 N–H and O–H groups in total. The number of hydrogen-bond donors (Lipinski definition) is 2. The van der Waals surface area contributed by atoms with Crippen LogP contribution in [0.1, 0.15) is 25.0 Å². The number of benzene rings is 1. The van der Waals surface area contributed by atoms with Crippen molar-refractivity contribution in [3.8, 4) is 0 Å². The molecule has 4 heteroatoms. The summed E-state index contributed by atoms with van der Waals surface area (Å²) in [7, 11) is 0. The number of aliphatic hydroxyl groups is 1. The lowest BCUT2D eigenvalue weighted by molar-refractivity contribution is 0.282. The molecule has 0 unspecified atom stereocenters. The van der Waals surface area contributed by atoms with Crippen LogP contribution in [-0.2, 0) is 12.4 Å². The van der Waals surface area contributed by atoms with Gasteiger partial charge in [0, 0.05) is 11.8 Å². The van der Waals surface area contributed by atoms with Gasteiger partial charge in [-0.15, -0.1) is 0 Å². The largest absolute Gasteiger partial charge is 0.392 e. The zero-order valence-corrected chi connectivity index (χ0v) is 10.5. The maximum absolute atomic E-state index is 8.90. The summed E-state index contributed by atoms with van der Waals surface area (Å²) in [5.41, 5.74) is 7.86. The van der Waals surface area contributed by atoms with E-state index in [1.165, 1.54) is 17.3 Å². The van der Waals surface area contributed by atoms with Crippen molar-refractivity contribution in [2.75, 3.05) is 0 Å². The second-order valence-electron chi connectivity index (χ2n) is 3.82. The molecular weight excluding hydrogens is 220 g/mol. The zero-order valence-electron chi connectivity index (χ0n) is 9.68. The van der Waals surface area contributed by atoms with Crippen molar-refractivity contribution in [3.63, 3.8) is 0 Å². The first kappa shape index (κ1) is 13.1. The van der Waals surface area contributed by atoms with E-state index < -0.39 is 0 Å². The minimum Gasteiger partial charge on any atom is -0.392 e. The molecule has 1 rings (SSSR count). The highest BCUT2D eigenvalue weighted by Gasteiger charge is 1.98. The number of hydrogen-bond acceptors (Lipinski definition) is 3. The Balaban J connectivity index is 2.48. The van der Waals surface area contributed by atoms with Crippen molar-refractivity contribution in [1.82, 2.24) is 0 Å². The van der Waals surface area contributed by atoms with Gasteiger partial charge in [-0.1, -0.05) is 36.0 Å². The first-order chi connectivity index (χ1) is 7.61. The molecule has 88 valence electrons. The van der Waals surface area contributed by atoms with E-state index in [-0.39, 0.29) is 12.6 Å². The van der Waals surface area contributed by atoms with Crippen LogP contribution in [0, 0.1) is 0 Å². The average molecular weight is 238 g/mol. The molecule has 0 aliphatic heterocycles.